The van der Waals surface area contributed by atoms with Crippen LogP contribution in [0.2, 0.25) is 5.02 Å². The standard InChI is InChI=1S/C17H20ClN3O/c1-11(14-4-2-3-5-15(14)18)21(13-8-9-13)10-16-19-20-17(22-16)12-6-7-12/h2-5,11-13H,6-10H2,1H3. The number of hydrogen-bond donors (Lipinski definition) is 0. The summed E-state index contributed by atoms with van der Waals surface area (Å²) in [6, 6.07) is 8.92. The van der Waals surface area contributed by atoms with E-state index in [1.54, 1.807) is 0 Å². The number of nitrogens with zero attached hydrogens (tertiary/aromatic N) is 3. The molecule has 2 aromatic rings. The number of rotatable bonds is 6. The molecule has 4 nitrogen and oxygen atoms in total. The molecule has 5 heteroatoms. The van der Waals surface area contributed by atoms with E-state index in [1.807, 2.05) is 18.2 Å². The maximum absolute atomic E-state index is 6.37. The lowest BCUT2D eigenvalue weighted by Gasteiger charge is -2.28. The fourth-order valence-electron chi connectivity index (χ4n) is 2.96. The van der Waals surface area contributed by atoms with Gasteiger partial charge >= 0.3 is 0 Å². The van der Waals surface area contributed by atoms with Crippen molar-refractivity contribution < 1.29 is 4.42 Å². The molecule has 0 amide bonds. The first-order chi connectivity index (χ1) is 10.7. The van der Waals surface area contributed by atoms with Gasteiger partial charge in [-0.05, 0) is 44.2 Å². The lowest BCUT2D eigenvalue weighted by atomic mass is 10.1. The molecular formula is C17H20ClN3O. The number of benzene rings is 1. The highest BCUT2D eigenvalue weighted by atomic mass is 35.5. The van der Waals surface area contributed by atoms with E-state index in [4.69, 9.17) is 16.0 Å². The molecule has 2 fully saturated rings. The molecule has 0 saturated heterocycles. The Kier molecular flexibility index (Phi) is 3.66. The minimum Gasteiger partial charge on any atom is -0.424 e. The largest absolute Gasteiger partial charge is 0.424 e. The van der Waals surface area contributed by atoms with Gasteiger partial charge in [-0.3, -0.25) is 4.90 Å². The maximum Gasteiger partial charge on any atom is 0.230 e. The molecule has 1 heterocycles. The molecule has 1 aromatic carbocycles. The van der Waals surface area contributed by atoms with Crippen molar-refractivity contribution in [2.75, 3.05) is 0 Å². The lowest BCUT2D eigenvalue weighted by molar-refractivity contribution is 0.171. The molecule has 2 aliphatic carbocycles. The summed E-state index contributed by atoms with van der Waals surface area (Å²) in [5.74, 6) is 2.06. The van der Waals surface area contributed by atoms with Crippen molar-refractivity contribution in [3.05, 3.63) is 46.6 Å². The molecule has 22 heavy (non-hydrogen) atoms. The highest BCUT2D eigenvalue weighted by Crippen LogP contribution is 2.40. The zero-order valence-electron chi connectivity index (χ0n) is 12.7. The van der Waals surface area contributed by atoms with Gasteiger partial charge in [-0.1, -0.05) is 29.8 Å². The molecule has 2 saturated carbocycles. The molecule has 0 spiro atoms. The van der Waals surface area contributed by atoms with E-state index in [9.17, 15) is 0 Å². The normalized spacial score (nSPS) is 19.6. The van der Waals surface area contributed by atoms with Gasteiger partial charge in [0, 0.05) is 23.0 Å². The molecule has 1 atom stereocenters. The van der Waals surface area contributed by atoms with E-state index < -0.39 is 0 Å². The van der Waals surface area contributed by atoms with Crippen LogP contribution in [0.5, 0.6) is 0 Å². The predicted octanol–water partition coefficient (Wildman–Crippen LogP) is 4.33. The zero-order valence-corrected chi connectivity index (χ0v) is 13.5. The first-order valence-electron chi connectivity index (χ1n) is 8.05. The Morgan fingerprint density at radius 2 is 2.00 bits per heavy atom. The molecule has 4 rings (SSSR count). The van der Waals surface area contributed by atoms with Gasteiger partial charge in [0.25, 0.3) is 0 Å². The van der Waals surface area contributed by atoms with Crippen LogP contribution in [0.3, 0.4) is 0 Å². The van der Waals surface area contributed by atoms with Crippen LogP contribution in [-0.4, -0.2) is 21.1 Å². The summed E-state index contributed by atoms with van der Waals surface area (Å²) in [5.41, 5.74) is 1.16. The summed E-state index contributed by atoms with van der Waals surface area (Å²) in [5, 5.41) is 9.25. The van der Waals surface area contributed by atoms with Gasteiger partial charge in [0.1, 0.15) is 0 Å². The second-order valence-electron chi connectivity index (χ2n) is 6.41. The Morgan fingerprint density at radius 3 is 2.68 bits per heavy atom. The van der Waals surface area contributed by atoms with E-state index in [1.165, 1.54) is 25.7 Å². The number of halogens is 1. The SMILES string of the molecule is CC(c1ccccc1Cl)N(Cc1nnc(C2CC2)o1)C1CC1. The number of hydrogen-bond acceptors (Lipinski definition) is 4. The van der Waals surface area contributed by atoms with Gasteiger partial charge in [0.15, 0.2) is 0 Å². The first kappa shape index (κ1) is 14.2. The van der Waals surface area contributed by atoms with Crippen molar-refractivity contribution in [2.45, 2.75) is 57.2 Å². The molecule has 1 aromatic heterocycles. The van der Waals surface area contributed by atoms with Crippen molar-refractivity contribution in [1.29, 1.82) is 0 Å². The first-order valence-corrected chi connectivity index (χ1v) is 8.42. The van der Waals surface area contributed by atoms with Gasteiger partial charge in [0.2, 0.25) is 11.8 Å². The molecule has 116 valence electrons. The summed E-state index contributed by atoms with van der Waals surface area (Å²) < 4.78 is 5.84. The summed E-state index contributed by atoms with van der Waals surface area (Å²) in [7, 11) is 0. The van der Waals surface area contributed by atoms with E-state index in [0.717, 1.165) is 22.4 Å². The highest BCUT2D eigenvalue weighted by Gasteiger charge is 2.35. The van der Waals surface area contributed by atoms with Gasteiger partial charge in [0.05, 0.1) is 6.54 Å². The zero-order chi connectivity index (χ0) is 15.1. The molecule has 0 aliphatic heterocycles. The molecular weight excluding hydrogens is 298 g/mol. The smallest absolute Gasteiger partial charge is 0.230 e. The van der Waals surface area contributed by atoms with Crippen molar-refractivity contribution in [3.8, 4) is 0 Å². The Hall–Kier alpha value is -1.39. The van der Waals surface area contributed by atoms with Crippen LogP contribution in [-0.2, 0) is 6.54 Å². The average Bonchev–Trinajstić information content (AvgIpc) is 3.44. The van der Waals surface area contributed by atoms with Crippen LogP contribution in [0, 0.1) is 0 Å². The van der Waals surface area contributed by atoms with Gasteiger partial charge in [-0.15, -0.1) is 10.2 Å². The monoisotopic (exact) mass is 317 g/mol. The van der Waals surface area contributed by atoms with Crippen LogP contribution in [0.1, 0.15) is 61.9 Å². The summed E-state index contributed by atoms with van der Waals surface area (Å²) >= 11 is 6.37. The fraction of sp³-hybridized carbons (Fsp3) is 0.529. The van der Waals surface area contributed by atoms with E-state index >= 15 is 0 Å². The number of aromatic nitrogens is 2. The summed E-state index contributed by atoms with van der Waals surface area (Å²) in [4.78, 5) is 2.44. The minimum atomic E-state index is 0.248. The van der Waals surface area contributed by atoms with Crippen LogP contribution in [0.4, 0.5) is 0 Å². The van der Waals surface area contributed by atoms with Crippen molar-refractivity contribution in [3.63, 3.8) is 0 Å². The molecule has 1 unspecified atom stereocenters. The van der Waals surface area contributed by atoms with Crippen LogP contribution < -0.4 is 0 Å². The third-order valence-corrected chi connectivity index (χ3v) is 4.94. The second kappa shape index (κ2) is 5.67. The lowest BCUT2D eigenvalue weighted by Crippen LogP contribution is -2.29. The Bertz CT molecular complexity index is 663. The van der Waals surface area contributed by atoms with Crippen LogP contribution in [0.15, 0.2) is 28.7 Å². The van der Waals surface area contributed by atoms with Gasteiger partial charge in [-0.2, -0.15) is 0 Å². The highest BCUT2D eigenvalue weighted by molar-refractivity contribution is 6.31. The predicted molar refractivity (Wildman–Crippen MR) is 84.7 cm³/mol. The third kappa shape index (κ3) is 2.90. The third-order valence-electron chi connectivity index (χ3n) is 4.60. The Morgan fingerprint density at radius 1 is 1.23 bits per heavy atom. The van der Waals surface area contributed by atoms with Crippen LogP contribution >= 0.6 is 11.6 Å². The molecule has 0 radical (unpaired) electrons. The molecule has 0 N–H and O–H groups in total. The maximum atomic E-state index is 6.37. The Balaban J connectivity index is 1.53. The minimum absolute atomic E-state index is 0.248. The van der Waals surface area contributed by atoms with E-state index in [2.05, 4.69) is 28.1 Å². The van der Waals surface area contributed by atoms with E-state index in [-0.39, 0.29) is 6.04 Å². The van der Waals surface area contributed by atoms with Crippen LogP contribution in [0.25, 0.3) is 0 Å². The van der Waals surface area contributed by atoms with Crippen molar-refractivity contribution >= 4 is 11.6 Å². The quantitative estimate of drug-likeness (QED) is 0.795. The summed E-state index contributed by atoms with van der Waals surface area (Å²) in [6.07, 6.45) is 4.84. The summed E-state index contributed by atoms with van der Waals surface area (Å²) in [6.45, 7) is 2.91. The van der Waals surface area contributed by atoms with E-state index in [0.29, 0.717) is 18.5 Å². The Labute approximate surface area is 135 Å². The van der Waals surface area contributed by atoms with Crippen molar-refractivity contribution in [1.82, 2.24) is 15.1 Å². The average molecular weight is 318 g/mol. The fourth-order valence-corrected chi connectivity index (χ4v) is 3.26. The van der Waals surface area contributed by atoms with Gasteiger partial charge < -0.3 is 4.42 Å². The topological polar surface area (TPSA) is 42.2 Å². The molecule has 0 bridgehead atoms. The molecule has 2 aliphatic rings. The van der Waals surface area contributed by atoms with Gasteiger partial charge in [-0.25, -0.2) is 0 Å². The second-order valence-corrected chi connectivity index (χ2v) is 6.82. The van der Waals surface area contributed by atoms with Crippen molar-refractivity contribution in [2.24, 2.45) is 0 Å².